The zero-order chi connectivity index (χ0) is 18.1. The maximum atomic E-state index is 12.6. The van der Waals surface area contributed by atoms with Crippen molar-refractivity contribution in [3.05, 3.63) is 48.5 Å². The molecular formula is C16H16O7S2. The van der Waals surface area contributed by atoms with Crippen LogP contribution in [0.3, 0.4) is 0 Å². The van der Waals surface area contributed by atoms with Gasteiger partial charge in [-0.15, -0.1) is 0 Å². The minimum absolute atomic E-state index is 0.0529. The Morgan fingerprint density at radius 2 is 1.72 bits per heavy atom. The fourth-order valence-electron chi connectivity index (χ4n) is 2.28. The van der Waals surface area contributed by atoms with Crippen LogP contribution in [0.15, 0.2) is 58.3 Å². The quantitative estimate of drug-likeness (QED) is 0.723. The van der Waals surface area contributed by atoms with Gasteiger partial charge in [-0.1, -0.05) is 18.2 Å². The third kappa shape index (κ3) is 4.12. The molecule has 7 nitrogen and oxygen atoms in total. The number of sulfone groups is 1. The lowest BCUT2D eigenvalue weighted by molar-refractivity contribution is 0.0555. The van der Waals surface area contributed by atoms with Gasteiger partial charge in [0.25, 0.3) is 10.1 Å². The van der Waals surface area contributed by atoms with Crippen LogP contribution in [0.4, 0.5) is 0 Å². The highest BCUT2D eigenvalue weighted by atomic mass is 32.2. The molecule has 25 heavy (non-hydrogen) atoms. The van der Waals surface area contributed by atoms with Crippen molar-refractivity contribution in [3.8, 4) is 11.5 Å². The van der Waals surface area contributed by atoms with Gasteiger partial charge in [-0.2, -0.15) is 8.42 Å². The predicted molar refractivity (Wildman–Crippen MR) is 89.0 cm³/mol. The van der Waals surface area contributed by atoms with Crippen LogP contribution in [0.25, 0.3) is 0 Å². The fraction of sp³-hybridized carbons (Fsp3) is 0.250. The zero-order valence-corrected chi connectivity index (χ0v) is 14.9. The molecule has 0 amide bonds. The second-order valence-electron chi connectivity index (χ2n) is 5.46. The summed E-state index contributed by atoms with van der Waals surface area (Å²) in [5.74, 6) is 0.618. The summed E-state index contributed by atoms with van der Waals surface area (Å²) in [4.78, 5) is 0.276. The first-order valence-corrected chi connectivity index (χ1v) is 10.6. The average molecular weight is 384 g/mol. The number of ether oxygens (including phenoxy) is 2. The van der Waals surface area contributed by atoms with Gasteiger partial charge in [0.1, 0.15) is 13.2 Å². The van der Waals surface area contributed by atoms with E-state index in [-0.39, 0.29) is 28.8 Å². The van der Waals surface area contributed by atoms with Crippen LogP contribution in [0.1, 0.15) is 0 Å². The van der Waals surface area contributed by atoms with Crippen molar-refractivity contribution in [1.29, 1.82) is 0 Å². The zero-order valence-electron chi connectivity index (χ0n) is 13.3. The lowest BCUT2D eigenvalue weighted by Crippen LogP contribution is -2.34. The van der Waals surface area contributed by atoms with Crippen LogP contribution in [0.5, 0.6) is 11.5 Å². The van der Waals surface area contributed by atoms with E-state index in [1.165, 1.54) is 30.3 Å². The van der Waals surface area contributed by atoms with Crippen LogP contribution >= 0.6 is 0 Å². The SMILES string of the molecule is CS(=O)(=O)OC[C@H]1COc2cc(S(=O)(=O)c3ccccc3)ccc2O1. The van der Waals surface area contributed by atoms with Crippen molar-refractivity contribution in [2.45, 2.75) is 15.9 Å². The van der Waals surface area contributed by atoms with Crippen LogP contribution < -0.4 is 9.47 Å². The maximum Gasteiger partial charge on any atom is 0.264 e. The molecule has 0 aromatic heterocycles. The highest BCUT2D eigenvalue weighted by molar-refractivity contribution is 7.91. The molecule has 0 saturated carbocycles. The number of fused-ring (bicyclic) bond motifs is 1. The summed E-state index contributed by atoms with van der Waals surface area (Å²) < 4.78 is 63.1. The first kappa shape index (κ1) is 17.7. The Hall–Kier alpha value is -2.10. The molecule has 2 aromatic carbocycles. The van der Waals surface area contributed by atoms with E-state index < -0.39 is 26.1 Å². The average Bonchev–Trinajstić information content (AvgIpc) is 2.59. The van der Waals surface area contributed by atoms with Gasteiger partial charge in [-0.25, -0.2) is 8.42 Å². The highest BCUT2D eigenvalue weighted by Gasteiger charge is 2.25. The fourth-order valence-corrected chi connectivity index (χ4v) is 3.98. The maximum absolute atomic E-state index is 12.6. The number of hydrogen-bond donors (Lipinski definition) is 0. The van der Waals surface area contributed by atoms with Gasteiger partial charge in [-0.3, -0.25) is 4.18 Å². The van der Waals surface area contributed by atoms with E-state index in [4.69, 9.17) is 13.7 Å². The molecule has 1 aliphatic heterocycles. The van der Waals surface area contributed by atoms with Gasteiger partial charge < -0.3 is 9.47 Å². The van der Waals surface area contributed by atoms with E-state index in [2.05, 4.69) is 0 Å². The molecule has 9 heteroatoms. The lowest BCUT2D eigenvalue weighted by atomic mass is 10.2. The third-order valence-corrected chi connectivity index (χ3v) is 5.80. The number of rotatable bonds is 5. The summed E-state index contributed by atoms with van der Waals surface area (Å²) in [6, 6.07) is 12.4. The first-order chi connectivity index (χ1) is 11.8. The Labute approximate surface area is 146 Å². The van der Waals surface area contributed by atoms with Crippen molar-refractivity contribution in [3.63, 3.8) is 0 Å². The standard InChI is InChI=1S/C16H16O7S2/c1-24(17,18)22-11-12-10-21-16-9-14(7-8-15(16)23-12)25(19,20)13-5-3-2-4-6-13/h2-9,12H,10-11H2,1H3/t12-/m1/s1. The largest absolute Gasteiger partial charge is 0.486 e. The summed E-state index contributed by atoms with van der Waals surface area (Å²) >= 11 is 0. The summed E-state index contributed by atoms with van der Waals surface area (Å²) in [6.45, 7) is -0.125. The molecule has 0 spiro atoms. The van der Waals surface area contributed by atoms with Gasteiger partial charge in [-0.05, 0) is 24.3 Å². The van der Waals surface area contributed by atoms with Gasteiger partial charge in [0, 0.05) is 6.07 Å². The van der Waals surface area contributed by atoms with Crippen molar-refractivity contribution >= 4 is 20.0 Å². The second-order valence-corrected chi connectivity index (χ2v) is 9.06. The van der Waals surface area contributed by atoms with E-state index in [0.29, 0.717) is 5.75 Å². The molecule has 3 rings (SSSR count). The summed E-state index contributed by atoms with van der Waals surface area (Å²) in [6.07, 6.45) is 0.351. The molecule has 0 radical (unpaired) electrons. The minimum atomic E-state index is -3.66. The lowest BCUT2D eigenvalue weighted by Gasteiger charge is -2.26. The Morgan fingerprint density at radius 3 is 2.40 bits per heavy atom. The van der Waals surface area contributed by atoms with Gasteiger partial charge >= 0.3 is 0 Å². The van der Waals surface area contributed by atoms with E-state index >= 15 is 0 Å². The molecule has 0 aliphatic carbocycles. The van der Waals surface area contributed by atoms with Crippen molar-refractivity contribution in [2.24, 2.45) is 0 Å². The molecule has 1 heterocycles. The molecule has 0 unspecified atom stereocenters. The van der Waals surface area contributed by atoms with Crippen LogP contribution in [0, 0.1) is 0 Å². The minimum Gasteiger partial charge on any atom is -0.486 e. The molecule has 0 saturated heterocycles. The number of hydrogen-bond acceptors (Lipinski definition) is 7. The monoisotopic (exact) mass is 384 g/mol. The van der Waals surface area contributed by atoms with Gasteiger partial charge in [0.15, 0.2) is 17.6 Å². The van der Waals surface area contributed by atoms with E-state index in [1.54, 1.807) is 18.2 Å². The van der Waals surface area contributed by atoms with E-state index in [0.717, 1.165) is 6.26 Å². The Kier molecular flexibility index (Phi) is 4.72. The molecule has 1 aliphatic rings. The Bertz CT molecular complexity index is 967. The van der Waals surface area contributed by atoms with Crippen LogP contribution in [-0.2, 0) is 24.1 Å². The molecule has 2 aromatic rings. The Balaban J connectivity index is 1.81. The molecule has 1 atom stereocenters. The van der Waals surface area contributed by atoms with Crippen molar-refractivity contribution in [1.82, 2.24) is 0 Å². The summed E-state index contributed by atoms with van der Waals surface area (Å²) in [5, 5.41) is 0. The van der Waals surface area contributed by atoms with Crippen LogP contribution in [0.2, 0.25) is 0 Å². The molecule has 134 valence electrons. The van der Waals surface area contributed by atoms with Gasteiger partial charge in [0.2, 0.25) is 9.84 Å². The van der Waals surface area contributed by atoms with E-state index in [1.807, 2.05) is 0 Å². The topological polar surface area (TPSA) is 96.0 Å². The van der Waals surface area contributed by atoms with Gasteiger partial charge in [0.05, 0.1) is 16.0 Å². The second kappa shape index (κ2) is 6.66. The summed E-state index contributed by atoms with van der Waals surface area (Å²) in [7, 11) is -7.23. The van der Waals surface area contributed by atoms with Crippen molar-refractivity contribution in [2.75, 3.05) is 19.5 Å². The third-order valence-electron chi connectivity index (χ3n) is 3.47. The molecule has 0 N–H and O–H groups in total. The normalized spacial score (nSPS) is 17.2. The van der Waals surface area contributed by atoms with Crippen molar-refractivity contribution < 1.29 is 30.5 Å². The molecule has 0 bridgehead atoms. The predicted octanol–water partition coefficient (Wildman–Crippen LogP) is 1.64. The van der Waals surface area contributed by atoms with Crippen LogP contribution in [-0.4, -0.2) is 42.4 Å². The van der Waals surface area contributed by atoms with E-state index in [9.17, 15) is 16.8 Å². The first-order valence-electron chi connectivity index (χ1n) is 7.34. The smallest absolute Gasteiger partial charge is 0.264 e. The number of benzene rings is 2. The molecule has 0 fully saturated rings. The summed E-state index contributed by atoms with van der Waals surface area (Å²) in [5.41, 5.74) is 0. The molecular weight excluding hydrogens is 368 g/mol. The Morgan fingerprint density at radius 1 is 1.00 bits per heavy atom. The highest BCUT2D eigenvalue weighted by Crippen LogP contribution is 2.35.